The molecule has 4 heteroatoms. The normalized spacial score (nSPS) is 35.8. The van der Waals surface area contributed by atoms with E-state index in [-0.39, 0.29) is 11.3 Å². The van der Waals surface area contributed by atoms with Gasteiger partial charge in [-0.2, -0.15) is 0 Å². The maximum atomic E-state index is 10.7. The molecule has 2 N–H and O–H groups in total. The van der Waals surface area contributed by atoms with Crippen molar-refractivity contribution in [3.05, 3.63) is 0 Å². The second-order valence-corrected chi connectivity index (χ2v) is 5.01. The van der Waals surface area contributed by atoms with E-state index in [9.17, 15) is 8.42 Å². The van der Waals surface area contributed by atoms with E-state index < -0.39 is 9.84 Å². The van der Waals surface area contributed by atoms with Gasteiger partial charge in [0.2, 0.25) is 0 Å². The van der Waals surface area contributed by atoms with E-state index in [2.05, 4.69) is 0 Å². The number of sulfone groups is 1. The molecule has 1 fully saturated rings. The summed E-state index contributed by atoms with van der Waals surface area (Å²) in [6, 6.07) is 0.129. The van der Waals surface area contributed by atoms with Crippen molar-refractivity contribution in [1.29, 1.82) is 0 Å². The molecule has 0 aromatic rings. The predicted molar refractivity (Wildman–Crippen MR) is 35.8 cm³/mol. The van der Waals surface area contributed by atoms with Gasteiger partial charge in [0.15, 0.2) is 0 Å². The van der Waals surface area contributed by atoms with E-state index in [1.54, 1.807) is 0 Å². The molecule has 1 rings (SSSR count). The summed E-state index contributed by atoms with van der Waals surface area (Å²) < 4.78 is 21.4. The molecule has 0 aromatic heterocycles. The zero-order chi connectivity index (χ0) is 7.07. The van der Waals surface area contributed by atoms with Crippen LogP contribution in [0.25, 0.3) is 0 Å². The second kappa shape index (κ2) is 1.95. The van der Waals surface area contributed by atoms with Crippen LogP contribution in [0, 0.1) is 0 Å². The molecule has 0 unspecified atom stereocenters. The molecule has 0 aromatic carbocycles. The number of hydrogen-bond donors (Lipinski definition) is 1. The fourth-order valence-electron chi connectivity index (χ4n) is 0.956. The average molecular weight is 149 g/mol. The summed E-state index contributed by atoms with van der Waals surface area (Å²) in [5.74, 6) is 0. The molecule has 0 atom stereocenters. The van der Waals surface area contributed by atoms with E-state index in [1.165, 1.54) is 6.26 Å². The van der Waals surface area contributed by atoms with Gasteiger partial charge in [-0.25, -0.2) is 8.42 Å². The molecule has 54 valence electrons. The first-order valence-corrected chi connectivity index (χ1v) is 4.90. The van der Waals surface area contributed by atoms with Crippen LogP contribution >= 0.6 is 0 Å². The van der Waals surface area contributed by atoms with Crippen LogP contribution in [0.5, 0.6) is 0 Å². The van der Waals surface area contributed by atoms with Gasteiger partial charge in [0.25, 0.3) is 0 Å². The molecule has 0 radical (unpaired) electrons. The highest BCUT2D eigenvalue weighted by Crippen LogP contribution is 2.24. The first-order valence-electron chi connectivity index (χ1n) is 2.94. The Morgan fingerprint density at radius 2 is 1.89 bits per heavy atom. The molecule has 9 heavy (non-hydrogen) atoms. The SMILES string of the molecule is CS(=O)(=O)[C@H]1C[C@H](N)C1. The van der Waals surface area contributed by atoms with Crippen LogP contribution in [0.4, 0.5) is 0 Å². The summed E-state index contributed by atoms with van der Waals surface area (Å²) in [7, 11) is -2.78. The van der Waals surface area contributed by atoms with Crippen LogP contribution in [0.1, 0.15) is 12.8 Å². The first kappa shape index (κ1) is 7.02. The Labute approximate surface area is 55.2 Å². The Bertz CT molecular complexity index is 191. The first-order chi connectivity index (χ1) is 4.00. The highest BCUT2D eigenvalue weighted by Gasteiger charge is 2.33. The van der Waals surface area contributed by atoms with E-state index in [0.29, 0.717) is 12.8 Å². The number of hydrogen-bond acceptors (Lipinski definition) is 3. The van der Waals surface area contributed by atoms with Crippen molar-refractivity contribution in [1.82, 2.24) is 0 Å². The monoisotopic (exact) mass is 149 g/mol. The summed E-state index contributed by atoms with van der Waals surface area (Å²) in [4.78, 5) is 0. The third kappa shape index (κ3) is 1.43. The zero-order valence-corrected chi connectivity index (χ0v) is 6.19. The van der Waals surface area contributed by atoms with Crippen LogP contribution in [-0.4, -0.2) is 26.0 Å². The molecule has 0 spiro atoms. The lowest BCUT2D eigenvalue weighted by Crippen LogP contribution is -2.44. The van der Waals surface area contributed by atoms with Crippen molar-refractivity contribution in [3.8, 4) is 0 Å². The summed E-state index contributed by atoms with van der Waals surface area (Å²) >= 11 is 0. The predicted octanol–water partition coefficient (Wildman–Crippen LogP) is -0.479. The highest BCUT2D eigenvalue weighted by molar-refractivity contribution is 7.91. The molecule has 0 aliphatic heterocycles. The molecule has 1 aliphatic carbocycles. The molecule has 1 aliphatic rings. The van der Waals surface area contributed by atoms with Gasteiger partial charge in [0.05, 0.1) is 5.25 Å². The minimum Gasteiger partial charge on any atom is -0.328 e. The molecule has 3 nitrogen and oxygen atoms in total. The van der Waals surface area contributed by atoms with E-state index in [4.69, 9.17) is 5.73 Å². The summed E-state index contributed by atoms with van der Waals surface area (Å²) in [5, 5.41) is -0.146. The lowest BCUT2D eigenvalue weighted by Gasteiger charge is -2.30. The second-order valence-electron chi connectivity index (χ2n) is 2.68. The minimum absolute atomic E-state index is 0.129. The fourth-order valence-corrected chi connectivity index (χ4v) is 2.15. The molecule has 0 bridgehead atoms. The molecule has 0 saturated heterocycles. The van der Waals surface area contributed by atoms with Crippen molar-refractivity contribution < 1.29 is 8.42 Å². The smallest absolute Gasteiger partial charge is 0.150 e. The van der Waals surface area contributed by atoms with Gasteiger partial charge in [-0.3, -0.25) is 0 Å². The highest BCUT2D eigenvalue weighted by atomic mass is 32.2. The molecular formula is C5H11NO2S. The van der Waals surface area contributed by atoms with Crippen molar-refractivity contribution in [3.63, 3.8) is 0 Å². The molecule has 0 heterocycles. The van der Waals surface area contributed by atoms with Crippen molar-refractivity contribution in [2.45, 2.75) is 24.1 Å². The zero-order valence-electron chi connectivity index (χ0n) is 5.37. The van der Waals surface area contributed by atoms with Gasteiger partial charge < -0.3 is 5.73 Å². The Balaban J connectivity index is 2.51. The van der Waals surface area contributed by atoms with Gasteiger partial charge in [-0.05, 0) is 12.8 Å². The van der Waals surface area contributed by atoms with Gasteiger partial charge in [-0.15, -0.1) is 0 Å². The largest absolute Gasteiger partial charge is 0.328 e. The van der Waals surface area contributed by atoms with Crippen molar-refractivity contribution in [2.24, 2.45) is 5.73 Å². The molecule has 0 amide bonds. The number of nitrogens with two attached hydrogens (primary N) is 1. The quantitative estimate of drug-likeness (QED) is 0.548. The van der Waals surface area contributed by atoms with E-state index >= 15 is 0 Å². The van der Waals surface area contributed by atoms with Gasteiger partial charge in [-0.1, -0.05) is 0 Å². The van der Waals surface area contributed by atoms with Crippen LogP contribution in [0.3, 0.4) is 0 Å². The van der Waals surface area contributed by atoms with Gasteiger partial charge in [0, 0.05) is 12.3 Å². The van der Waals surface area contributed by atoms with E-state index in [1.807, 2.05) is 0 Å². The van der Waals surface area contributed by atoms with Crippen LogP contribution in [0.2, 0.25) is 0 Å². The third-order valence-corrected chi connectivity index (χ3v) is 3.33. The van der Waals surface area contributed by atoms with Crippen LogP contribution in [-0.2, 0) is 9.84 Å². The van der Waals surface area contributed by atoms with Crippen molar-refractivity contribution in [2.75, 3.05) is 6.26 Å². The lowest BCUT2D eigenvalue weighted by molar-refractivity contribution is 0.410. The maximum Gasteiger partial charge on any atom is 0.150 e. The summed E-state index contributed by atoms with van der Waals surface area (Å²) in [6.45, 7) is 0. The Morgan fingerprint density at radius 1 is 1.44 bits per heavy atom. The Hall–Kier alpha value is -0.0900. The summed E-state index contributed by atoms with van der Waals surface area (Å²) in [6.07, 6.45) is 2.57. The van der Waals surface area contributed by atoms with Crippen LogP contribution in [0.15, 0.2) is 0 Å². The average Bonchev–Trinajstić information content (AvgIpc) is 1.55. The lowest BCUT2D eigenvalue weighted by atomic mass is 9.94. The third-order valence-electron chi connectivity index (χ3n) is 1.74. The molecular weight excluding hydrogens is 138 g/mol. The fraction of sp³-hybridized carbons (Fsp3) is 1.00. The van der Waals surface area contributed by atoms with Gasteiger partial charge in [0.1, 0.15) is 9.84 Å². The number of rotatable bonds is 1. The Kier molecular flexibility index (Phi) is 1.52. The standard InChI is InChI=1S/C5H11NO2S/c1-9(7,8)5-2-4(6)3-5/h4-5H,2-3,6H2,1H3/t4-,5-. The van der Waals surface area contributed by atoms with Crippen molar-refractivity contribution >= 4 is 9.84 Å². The summed E-state index contributed by atoms with van der Waals surface area (Å²) in [5.41, 5.74) is 5.40. The Morgan fingerprint density at radius 3 is 2.00 bits per heavy atom. The topological polar surface area (TPSA) is 60.2 Å². The van der Waals surface area contributed by atoms with E-state index in [0.717, 1.165) is 0 Å². The van der Waals surface area contributed by atoms with Crippen LogP contribution < -0.4 is 5.73 Å². The minimum atomic E-state index is -2.78. The maximum absolute atomic E-state index is 10.7. The molecule has 1 saturated carbocycles. The van der Waals surface area contributed by atoms with Gasteiger partial charge >= 0.3 is 0 Å².